The summed E-state index contributed by atoms with van der Waals surface area (Å²) in [5.41, 5.74) is 7.32. The molecule has 0 aliphatic rings. The zero-order valence-corrected chi connectivity index (χ0v) is 18.6. The number of nitrogens with one attached hydrogen (secondary N) is 1. The van der Waals surface area contributed by atoms with Crippen molar-refractivity contribution in [2.24, 2.45) is 10.4 Å². The van der Waals surface area contributed by atoms with Gasteiger partial charge in [0.2, 0.25) is 0 Å². The Hall–Kier alpha value is -2.09. The van der Waals surface area contributed by atoms with E-state index in [1.807, 2.05) is 0 Å². The van der Waals surface area contributed by atoms with E-state index in [0.717, 1.165) is 11.5 Å². The quantitative estimate of drug-likeness (QED) is 0.435. The molecular formula is C25H36N2. The van der Waals surface area contributed by atoms with Gasteiger partial charge in [-0.1, -0.05) is 84.9 Å². The number of rotatable bonds is 4. The summed E-state index contributed by atoms with van der Waals surface area (Å²) in [7, 11) is 0. The Morgan fingerprint density at radius 3 is 1.85 bits per heavy atom. The molecular weight excluding hydrogens is 328 g/mol. The first-order chi connectivity index (χ1) is 12.5. The highest BCUT2D eigenvalue weighted by Gasteiger charge is 2.23. The molecule has 0 saturated heterocycles. The molecule has 0 atom stereocenters. The Labute approximate surface area is 166 Å². The van der Waals surface area contributed by atoms with Crippen LogP contribution in [0.2, 0.25) is 0 Å². The van der Waals surface area contributed by atoms with Gasteiger partial charge in [-0.05, 0) is 47.9 Å². The van der Waals surface area contributed by atoms with Crippen molar-refractivity contribution in [2.45, 2.75) is 74.1 Å². The average Bonchev–Trinajstić information content (AvgIpc) is 2.55. The van der Waals surface area contributed by atoms with Crippen LogP contribution in [0.4, 0.5) is 11.4 Å². The lowest BCUT2D eigenvalue weighted by molar-refractivity contribution is 0.589. The lowest BCUT2D eigenvalue weighted by atomic mass is 9.92. The van der Waals surface area contributed by atoms with Crippen LogP contribution in [-0.4, -0.2) is 5.84 Å². The van der Waals surface area contributed by atoms with Crippen LogP contribution in [0, 0.1) is 19.3 Å². The standard InChI is InChI=1S/C25H36N2/c1-16(2)20-14-10-12-18(5)22(20)26-24(25(7,8)9)27-23-19(6)13-11-15-21(23)17(3)4/h10-17H,1-9H3,(H,26,27). The molecule has 0 aliphatic carbocycles. The molecule has 0 spiro atoms. The Bertz CT molecular complexity index is 821. The van der Waals surface area contributed by atoms with Crippen LogP contribution in [0.1, 0.15) is 82.6 Å². The number of anilines is 1. The van der Waals surface area contributed by atoms with Crippen molar-refractivity contribution in [2.75, 3.05) is 5.32 Å². The molecule has 2 rings (SSSR count). The van der Waals surface area contributed by atoms with Gasteiger partial charge in [-0.25, -0.2) is 4.99 Å². The highest BCUT2D eigenvalue weighted by atomic mass is 15.0. The van der Waals surface area contributed by atoms with Gasteiger partial charge in [0.25, 0.3) is 0 Å². The maximum atomic E-state index is 5.19. The summed E-state index contributed by atoms with van der Waals surface area (Å²) in [5, 5.41) is 3.73. The lowest BCUT2D eigenvalue weighted by Crippen LogP contribution is -2.29. The second-order valence-electron chi connectivity index (χ2n) is 9.20. The van der Waals surface area contributed by atoms with Crippen LogP contribution in [0.15, 0.2) is 41.4 Å². The molecule has 0 bridgehead atoms. The third-order valence-corrected chi connectivity index (χ3v) is 5.00. The summed E-state index contributed by atoms with van der Waals surface area (Å²) >= 11 is 0. The van der Waals surface area contributed by atoms with E-state index in [9.17, 15) is 0 Å². The van der Waals surface area contributed by atoms with Crippen molar-refractivity contribution in [3.8, 4) is 0 Å². The van der Waals surface area contributed by atoms with Crippen LogP contribution in [0.5, 0.6) is 0 Å². The summed E-state index contributed by atoms with van der Waals surface area (Å²) in [5.74, 6) is 1.91. The summed E-state index contributed by atoms with van der Waals surface area (Å²) in [4.78, 5) is 5.19. The van der Waals surface area contributed by atoms with E-state index in [-0.39, 0.29) is 5.41 Å². The Balaban J connectivity index is 2.63. The van der Waals surface area contributed by atoms with Crippen LogP contribution >= 0.6 is 0 Å². The lowest BCUT2D eigenvalue weighted by Gasteiger charge is -2.27. The molecule has 0 saturated carbocycles. The van der Waals surface area contributed by atoms with E-state index in [2.05, 4.69) is 104 Å². The van der Waals surface area contributed by atoms with Crippen molar-refractivity contribution < 1.29 is 0 Å². The normalized spacial score (nSPS) is 12.8. The molecule has 2 aromatic carbocycles. The summed E-state index contributed by atoms with van der Waals surface area (Å²) in [6.45, 7) is 19.9. The van der Waals surface area contributed by atoms with E-state index >= 15 is 0 Å². The minimum absolute atomic E-state index is 0.0902. The van der Waals surface area contributed by atoms with Crippen molar-refractivity contribution in [1.29, 1.82) is 0 Å². The second-order valence-corrected chi connectivity index (χ2v) is 9.20. The number of hydrogen-bond acceptors (Lipinski definition) is 1. The van der Waals surface area contributed by atoms with E-state index in [1.54, 1.807) is 0 Å². The Morgan fingerprint density at radius 2 is 1.33 bits per heavy atom. The molecule has 0 fully saturated rings. The number of nitrogens with zero attached hydrogens (tertiary/aromatic N) is 1. The topological polar surface area (TPSA) is 24.4 Å². The fourth-order valence-corrected chi connectivity index (χ4v) is 3.26. The molecule has 146 valence electrons. The fraction of sp³-hybridized carbons (Fsp3) is 0.480. The predicted octanol–water partition coefficient (Wildman–Crippen LogP) is 7.74. The summed E-state index contributed by atoms with van der Waals surface area (Å²) in [6, 6.07) is 13.0. The highest BCUT2D eigenvalue weighted by Crippen LogP contribution is 2.34. The molecule has 0 unspecified atom stereocenters. The van der Waals surface area contributed by atoms with Gasteiger partial charge in [0.05, 0.1) is 5.69 Å². The van der Waals surface area contributed by atoms with Crippen LogP contribution < -0.4 is 5.32 Å². The van der Waals surface area contributed by atoms with Gasteiger partial charge in [0, 0.05) is 11.1 Å². The van der Waals surface area contributed by atoms with Gasteiger partial charge in [0.1, 0.15) is 5.84 Å². The van der Waals surface area contributed by atoms with Gasteiger partial charge < -0.3 is 5.32 Å². The number of amidine groups is 1. The molecule has 2 heteroatoms. The third-order valence-electron chi connectivity index (χ3n) is 5.00. The molecule has 2 nitrogen and oxygen atoms in total. The van der Waals surface area contributed by atoms with Crippen molar-refractivity contribution >= 4 is 17.2 Å². The molecule has 2 aromatic rings. The maximum absolute atomic E-state index is 5.19. The minimum atomic E-state index is -0.0902. The van der Waals surface area contributed by atoms with Crippen LogP contribution in [0.25, 0.3) is 0 Å². The smallest absolute Gasteiger partial charge is 0.112 e. The maximum Gasteiger partial charge on any atom is 0.112 e. The van der Waals surface area contributed by atoms with Crippen LogP contribution in [-0.2, 0) is 0 Å². The van der Waals surface area contributed by atoms with E-state index in [1.165, 1.54) is 27.9 Å². The Kier molecular flexibility index (Phi) is 6.51. The third kappa shape index (κ3) is 5.00. The van der Waals surface area contributed by atoms with Gasteiger partial charge in [-0.3, -0.25) is 0 Å². The highest BCUT2D eigenvalue weighted by molar-refractivity contribution is 6.02. The van der Waals surface area contributed by atoms with E-state index < -0.39 is 0 Å². The molecule has 0 heterocycles. The number of aryl methyl sites for hydroxylation is 2. The molecule has 0 aromatic heterocycles. The number of para-hydroxylation sites is 2. The van der Waals surface area contributed by atoms with Crippen molar-refractivity contribution in [3.63, 3.8) is 0 Å². The van der Waals surface area contributed by atoms with Gasteiger partial charge in [-0.2, -0.15) is 0 Å². The second kappa shape index (κ2) is 8.29. The van der Waals surface area contributed by atoms with Crippen LogP contribution in [0.3, 0.4) is 0 Å². The first kappa shape index (κ1) is 21.2. The number of benzene rings is 2. The molecule has 1 N–H and O–H groups in total. The largest absolute Gasteiger partial charge is 0.343 e. The summed E-state index contributed by atoms with van der Waals surface area (Å²) in [6.07, 6.45) is 0. The average molecular weight is 365 g/mol. The van der Waals surface area contributed by atoms with Gasteiger partial charge in [0.15, 0.2) is 0 Å². The monoisotopic (exact) mass is 364 g/mol. The van der Waals surface area contributed by atoms with Crippen molar-refractivity contribution in [3.05, 3.63) is 58.7 Å². The van der Waals surface area contributed by atoms with Gasteiger partial charge >= 0.3 is 0 Å². The van der Waals surface area contributed by atoms with E-state index in [4.69, 9.17) is 4.99 Å². The number of aliphatic imine (C=N–C) groups is 1. The zero-order chi connectivity index (χ0) is 20.4. The zero-order valence-electron chi connectivity index (χ0n) is 18.6. The van der Waals surface area contributed by atoms with Crippen molar-refractivity contribution in [1.82, 2.24) is 0 Å². The summed E-state index contributed by atoms with van der Waals surface area (Å²) < 4.78 is 0. The first-order valence-corrected chi connectivity index (χ1v) is 10.1. The fourth-order valence-electron chi connectivity index (χ4n) is 3.26. The number of hydrogen-bond donors (Lipinski definition) is 1. The van der Waals surface area contributed by atoms with E-state index in [0.29, 0.717) is 11.8 Å². The molecule has 27 heavy (non-hydrogen) atoms. The predicted molar refractivity (Wildman–Crippen MR) is 121 cm³/mol. The van der Waals surface area contributed by atoms with Gasteiger partial charge in [-0.15, -0.1) is 0 Å². The molecule has 0 radical (unpaired) electrons. The Morgan fingerprint density at radius 1 is 0.815 bits per heavy atom. The minimum Gasteiger partial charge on any atom is -0.343 e. The molecule has 0 amide bonds. The molecule has 0 aliphatic heterocycles. The SMILES string of the molecule is Cc1cccc(C(C)C)c1N=C(Nc1c(C)cccc1C(C)C)C(C)(C)C. The first-order valence-electron chi connectivity index (χ1n) is 10.1.